The minimum atomic E-state index is -0.556. The lowest BCUT2D eigenvalue weighted by molar-refractivity contribution is -0.128. The van der Waals surface area contributed by atoms with Crippen molar-refractivity contribution in [3.05, 3.63) is 93.9 Å². The van der Waals surface area contributed by atoms with E-state index in [0.29, 0.717) is 41.4 Å². The molecule has 8 nitrogen and oxygen atoms in total. The number of carbonyl (C=O) groups is 1. The first-order valence-electron chi connectivity index (χ1n) is 14.2. The second-order valence-corrected chi connectivity index (χ2v) is 11.6. The van der Waals surface area contributed by atoms with E-state index >= 15 is 4.39 Å². The van der Waals surface area contributed by atoms with E-state index in [-0.39, 0.29) is 45.8 Å². The van der Waals surface area contributed by atoms with Crippen LogP contribution in [0.15, 0.2) is 60.4 Å². The zero-order valence-corrected chi connectivity index (χ0v) is 25.7. The maximum absolute atomic E-state index is 15.0. The Bertz CT molecular complexity index is 1830. The number of amides is 1. The lowest BCUT2D eigenvalue weighted by Gasteiger charge is -2.44. The predicted octanol–water partition coefficient (Wildman–Crippen LogP) is 6.32. The van der Waals surface area contributed by atoms with Crippen LogP contribution in [0.2, 0.25) is 5.02 Å². The molecule has 1 aromatic carbocycles. The standard InChI is InChI=1S/C33H34ClFN6O2/c1-8-22-14-19(5)30(28(36-22)18(3)4)41-32-24(15-25(34)29(37-32)23-12-10-11-13-26(23)35)31(38-33(41)43)40-17-20(6)39(16-21(40)7)27(42)9-2/h8-15,18,20-21H,1-2,16-17H2,3-7H3/t20-,21-/m0/s1. The number of aryl methyl sites for hydroxylation is 1. The van der Waals surface area contributed by atoms with Crippen LogP contribution in [0.1, 0.15) is 50.6 Å². The average Bonchev–Trinajstić information content (AvgIpc) is 2.97. The third-order valence-electron chi connectivity index (χ3n) is 7.86. The summed E-state index contributed by atoms with van der Waals surface area (Å²) < 4.78 is 16.5. The van der Waals surface area contributed by atoms with Gasteiger partial charge in [0.2, 0.25) is 5.91 Å². The number of nitrogens with zero attached hydrogens (tertiary/aromatic N) is 6. The van der Waals surface area contributed by atoms with E-state index in [1.165, 1.54) is 16.7 Å². The summed E-state index contributed by atoms with van der Waals surface area (Å²) in [5, 5.41) is 0.738. The zero-order chi connectivity index (χ0) is 31.2. The van der Waals surface area contributed by atoms with Crippen LogP contribution in [0.25, 0.3) is 34.1 Å². The van der Waals surface area contributed by atoms with Gasteiger partial charge in [-0.1, -0.05) is 50.7 Å². The summed E-state index contributed by atoms with van der Waals surface area (Å²) in [6, 6.07) is 9.43. The molecule has 10 heteroatoms. The lowest BCUT2D eigenvalue weighted by Crippen LogP contribution is -2.58. The minimum Gasteiger partial charge on any atom is -0.349 e. The van der Waals surface area contributed by atoms with Gasteiger partial charge in [-0.2, -0.15) is 4.98 Å². The van der Waals surface area contributed by atoms with Crippen LogP contribution < -0.4 is 10.6 Å². The number of halogens is 2. The van der Waals surface area contributed by atoms with E-state index in [2.05, 4.69) is 18.1 Å². The summed E-state index contributed by atoms with van der Waals surface area (Å²) >= 11 is 6.81. The number of hydrogen-bond donors (Lipinski definition) is 0. The van der Waals surface area contributed by atoms with Crippen LogP contribution in [0.4, 0.5) is 10.2 Å². The molecule has 2 atom stereocenters. The van der Waals surface area contributed by atoms with E-state index in [1.807, 2.05) is 45.6 Å². The maximum Gasteiger partial charge on any atom is 0.355 e. The fraction of sp³-hybridized carbons (Fsp3) is 0.303. The topological polar surface area (TPSA) is 84.2 Å². The maximum atomic E-state index is 15.0. The van der Waals surface area contributed by atoms with Gasteiger partial charge in [0.15, 0.2) is 5.65 Å². The molecule has 0 aliphatic carbocycles. The van der Waals surface area contributed by atoms with Gasteiger partial charge in [0.1, 0.15) is 11.6 Å². The molecule has 1 amide bonds. The highest BCUT2D eigenvalue weighted by atomic mass is 35.5. The Labute approximate surface area is 255 Å². The van der Waals surface area contributed by atoms with E-state index in [1.54, 1.807) is 35.2 Å². The van der Waals surface area contributed by atoms with Crippen LogP contribution in [0, 0.1) is 12.7 Å². The van der Waals surface area contributed by atoms with Crippen LogP contribution in [-0.4, -0.2) is 55.5 Å². The van der Waals surface area contributed by atoms with Gasteiger partial charge in [-0.15, -0.1) is 0 Å². The fourth-order valence-corrected chi connectivity index (χ4v) is 5.98. The van der Waals surface area contributed by atoms with Crippen molar-refractivity contribution >= 4 is 40.4 Å². The number of benzene rings is 1. The van der Waals surface area contributed by atoms with Crippen molar-refractivity contribution in [2.75, 3.05) is 18.0 Å². The van der Waals surface area contributed by atoms with Gasteiger partial charge in [0.25, 0.3) is 0 Å². The SMILES string of the molecule is C=CC(=O)N1C[C@H](C)N(c2nc(=O)n(-c3c(C)cc(C=C)nc3C(C)C)c3nc(-c4ccccc4F)c(Cl)cc23)C[C@@H]1C. The summed E-state index contributed by atoms with van der Waals surface area (Å²) in [5.41, 5.74) is 2.85. The first-order chi connectivity index (χ1) is 20.5. The first-order valence-corrected chi connectivity index (χ1v) is 14.6. The average molecular weight is 601 g/mol. The molecule has 1 fully saturated rings. The summed E-state index contributed by atoms with van der Waals surface area (Å²) in [5.74, 6) is -0.292. The molecular weight excluding hydrogens is 567 g/mol. The normalized spacial score (nSPS) is 17.0. The Balaban J connectivity index is 1.85. The van der Waals surface area contributed by atoms with Crippen molar-refractivity contribution in [3.63, 3.8) is 0 Å². The van der Waals surface area contributed by atoms with Gasteiger partial charge in [-0.3, -0.25) is 9.78 Å². The van der Waals surface area contributed by atoms with Crippen LogP contribution in [-0.2, 0) is 4.79 Å². The molecule has 0 spiro atoms. The largest absolute Gasteiger partial charge is 0.355 e. The predicted molar refractivity (Wildman–Crippen MR) is 170 cm³/mol. The minimum absolute atomic E-state index is 0.0510. The molecule has 1 saturated heterocycles. The molecule has 43 heavy (non-hydrogen) atoms. The van der Waals surface area contributed by atoms with Crippen molar-refractivity contribution in [2.45, 2.75) is 52.6 Å². The van der Waals surface area contributed by atoms with E-state index in [9.17, 15) is 9.59 Å². The van der Waals surface area contributed by atoms with Crippen molar-refractivity contribution < 1.29 is 9.18 Å². The van der Waals surface area contributed by atoms with E-state index in [0.717, 1.165) is 5.56 Å². The van der Waals surface area contributed by atoms with Crippen molar-refractivity contribution in [1.29, 1.82) is 0 Å². The number of anilines is 1. The highest BCUT2D eigenvalue weighted by molar-refractivity contribution is 6.33. The summed E-state index contributed by atoms with van der Waals surface area (Å²) in [7, 11) is 0. The molecule has 3 aromatic heterocycles. The second kappa shape index (κ2) is 11.7. The van der Waals surface area contributed by atoms with Gasteiger partial charge in [0, 0.05) is 30.7 Å². The molecule has 222 valence electrons. The highest BCUT2D eigenvalue weighted by Gasteiger charge is 2.34. The van der Waals surface area contributed by atoms with Crippen molar-refractivity contribution in [3.8, 4) is 16.9 Å². The Morgan fingerprint density at radius 3 is 2.47 bits per heavy atom. The third kappa shape index (κ3) is 5.33. The molecule has 4 heterocycles. The Morgan fingerprint density at radius 1 is 1.09 bits per heavy atom. The van der Waals surface area contributed by atoms with Crippen molar-refractivity contribution in [1.82, 2.24) is 24.4 Å². The number of rotatable bonds is 6. The van der Waals surface area contributed by atoms with E-state index < -0.39 is 11.5 Å². The lowest BCUT2D eigenvalue weighted by atomic mass is 10.0. The number of piperazine rings is 1. The number of hydrogen-bond acceptors (Lipinski definition) is 6. The molecule has 1 aliphatic rings. The summed E-state index contributed by atoms with van der Waals surface area (Å²) in [6.45, 7) is 18.1. The number of fused-ring (bicyclic) bond motifs is 1. The number of carbonyl (C=O) groups excluding carboxylic acids is 1. The Kier molecular flexibility index (Phi) is 8.21. The molecule has 1 aliphatic heterocycles. The molecule has 5 rings (SSSR count). The smallest absolute Gasteiger partial charge is 0.349 e. The second-order valence-electron chi connectivity index (χ2n) is 11.2. The van der Waals surface area contributed by atoms with Crippen LogP contribution >= 0.6 is 11.6 Å². The van der Waals surface area contributed by atoms with Gasteiger partial charge >= 0.3 is 5.69 Å². The highest BCUT2D eigenvalue weighted by Crippen LogP contribution is 2.36. The van der Waals surface area contributed by atoms with Gasteiger partial charge in [0.05, 0.1) is 33.2 Å². The van der Waals surface area contributed by atoms with Gasteiger partial charge in [-0.05, 0) is 68.7 Å². The van der Waals surface area contributed by atoms with Crippen LogP contribution in [0.5, 0.6) is 0 Å². The molecule has 0 N–H and O–H groups in total. The Morgan fingerprint density at radius 2 is 1.81 bits per heavy atom. The summed E-state index contributed by atoms with van der Waals surface area (Å²) in [4.78, 5) is 44.7. The quantitative estimate of drug-likeness (QED) is 0.241. The fourth-order valence-electron chi connectivity index (χ4n) is 5.73. The van der Waals surface area contributed by atoms with Crippen molar-refractivity contribution in [2.24, 2.45) is 0 Å². The third-order valence-corrected chi connectivity index (χ3v) is 8.14. The summed E-state index contributed by atoms with van der Waals surface area (Å²) in [6.07, 6.45) is 2.97. The monoisotopic (exact) mass is 600 g/mol. The van der Waals surface area contributed by atoms with E-state index in [4.69, 9.17) is 21.6 Å². The number of aromatic nitrogens is 4. The van der Waals surface area contributed by atoms with Gasteiger partial charge in [-0.25, -0.2) is 18.7 Å². The molecule has 0 bridgehead atoms. The molecule has 0 radical (unpaired) electrons. The molecule has 0 saturated carbocycles. The molecule has 4 aromatic rings. The molecule has 0 unspecified atom stereocenters. The van der Waals surface area contributed by atoms with Gasteiger partial charge < -0.3 is 9.80 Å². The number of pyridine rings is 2. The first kappa shape index (κ1) is 30.1. The zero-order valence-electron chi connectivity index (χ0n) is 24.9. The Hall–Kier alpha value is -4.37. The van der Waals surface area contributed by atoms with Crippen LogP contribution in [0.3, 0.4) is 0 Å². The molecular formula is C33H34ClFN6O2.